The maximum absolute atomic E-state index is 5.75. The van der Waals surface area contributed by atoms with Gasteiger partial charge in [-0.1, -0.05) is 30.3 Å². The highest BCUT2D eigenvalue weighted by molar-refractivity contribution is 6.11. The molecule has 1 atom stereocenters. The van der Waals surface area contributed by atoms with Crippen molar-refractivity contribution >= 4 is 28.4 Å². The first kappa shape index (κ1) is 16.8. The van der Waals surface area contributed by atoms with Crippen LogP contribution in [0, 0.1) is 0 Å². The molecule has 1 aromatic carbocycles. The number of pyridine rings is 2. The van der Waals surface area contributed by atoms with Crippen LogP contribution in [0.4, 0.5) is 5.82 Å². The predicted octanol–water partition coefficient (Wildman–Crippen LogP) is 4.04. The van der Waals surface area contributed by atoms with Gasteiger partial charge in [0.05, 0.1) is 6.10 Å². The Hall–Kier alpha value is -3.05. The van der Waals surface area contributed by atoms with Gasteiger partial charge < -0.3 is 10.5 Å². The number of hydrogen-bond donors (Lipinski definition) is 1. The molecule has 1 unspecified atom stereocenters. The van der Waals surface area contributed by atoms with E-state index in [0.29, 0.717) is 5.82 Å². The standard InChI is InChI=1S/C20H20N4O/c1-14(25-2)19-13-24-20(18-8-4-3-7-17(18)19)23-12-16(10-21)15-6-5-9-22-11-15/h3-14H,21H2,1-2H3/b16-10+,23-12?. The van der Waals surface area contributed by atoms with Gasteiger partial charge in [0.1, 0.15) is 0 Å². The van der Waals surface area contributed by atoms with E-state index in [1.165, 1.54) is 6.20 Å². The zero-order valence-electron chi connectivity index (χ0n) is 14.3. The van der Waals surface area contributed by atoms with E-state index >= 15 is 0 Å². The minimum Gasteiger partial charge on any atom is -0.404 e. The Kier molecular flexibility index (Phi) is 5.16. The zero-order chi connectivity index (χ0) is 17.6. The predicted molar refractivity (Wildman–Crippen MR) is 102 cm³/mol. The molecule has 25 heavy (non-hydrogen) atoms. The quantitative estimate of drug-likeness (QED) is 0.716. The third-order valence-corrected chi connectivity index (χ3v) is 4.10. The van der Waals surface area contributed by atoms with Crippen LogP contribution in [0.15, 0.2) is 66.2 Å². The van der Waals surface area contributed by atoms with E-state index in [0.717, 1.165) is 27.5 Å². The molecule has 0 radical (unpaired) electrons. The summed E-state index contributed by atoms with van der Waals surface area (Å²) in [6, 6.07) is 11.8. The minimum absolute atomic E-state index is 0.0367. The van der Waals surface area contributed by atoms with Gasteiger partial charge in [-0.3, -0.25) is 4.98 Å². The van der Waals surface area contributed by atoms with E-state index in [9.17, 15) is 0 Å². The van der Waals surface area contributed by atoms with Crippen molar-refractivity contribution < 1.29 is 4.74 Å². The van der Waals surface area contributed by atoms with Gasteiger partial charge in [-0.15, -0.1) is 0 Å². The van der Waals surface area contributed by atoms with E-state index in [1.807, 2.05) is 43.5 Å². The summed E-state index contributed by atoms with van der Waals surface area (Å²) in [7, 11) is 1.69. The fraction of sp³-hybridized carbons (Fsp3) is 0.150. The first-order valence-electron chi connectivity index (χ1n) is 8.01. The summed E-state index contributed by atoms with van der Waals surface area (Å²) in [6.07, 6.45) is 8.48. The van der Waals surface area contributed by atoms with Gasteiger partial charge in [0.25, 0.3) is 0 Å². The van der Waals surface area contributed by atoms with Crippen LogP contribution in [0.1, 0.15) is 24.2 Å². The van der Waals surface area contributed by atoms with Gasteiger partial charge in [-0.25, -0.2) is 9.98 Å². The van der Waals surface area contributed by atoms with Crippen LogP contribution in [0.2, 0.25) is 0 Å². The molecule has 0 spiro atoms. The normalized spacial score (nSPS) is 13.4. The number of methoxy groups -OCH3 is 1. The lowest BCUT2D eigenvalue weighted by Gasteiger charge is -2.13. The lowest BCUT2D eigenvalue weighted by atomic mass is 10.0. The van der Waals surface area contributed by atoms with E-state index in [2.05, 4.69) is 21.0 Å². The molecule has 0 saturated heterocycles. The molecule has 5 heteroatoms. The number of ether oxygens (including phenoxy) is 1. The van der Waals surface area contributed by atoms with Crippen molar-refractivity contribution in [2.45, 2.75) is 13.0 Å². The van der Waals surface area contributed by atoms with Gasteiger partial charge in [0.2, 0.25) is 0 Å². The van der Waals surface area contributed by atoms with Crippen LogP contribution in [0.3, 0.4) is 0 Å². The second-order valence-electron chi connectivity index (χ2n) is 5.58. The van der Waals surface area contributed by atoms with Gasteiger partial charge in [0, 0.05) is 60.2 Å². The zero-order valence-corrected chi connectivity index (χ0v) is 14.3. The monoisotopic (exact) mass is 332 g/mol. The highest BCUT2D eigenvalue weighted by atomic mass is 16.5. The minimum atomic E-state index is -0.0367. The molecule has 0 aliphatic rings. The second-order valence-corrected chi connectivity index (χ2v) is 5.58. The van der Waals surface area contributed by atoms with Crippen molar-refractivity contribution in [3.05, 3.63) is 72.3 Å². The Morgan fingerprint density at radius 1 is 1.16 bits per heavy atom. The fourth-order valence-corrected chi connectivity index (χ4v) is 2.63. The molecule has 0 aliphatic carbocycles. The Bertz CT molecular complexity index is 919. The molecule has 126 valence electrons. The van der Waals surface area contributed by atoms with Gasteiger partial charge in [0.15, 0.2) is 5.82 Å². The summed E-state index contributed by atoms with van der Waals surface area (Å²) in [6.45, 7) is 2.00. The molecule has 2 heterocycles. The van der Waals surface area contributed by atoms with E-state index in [1.54, 1.807) is 25.7 Å². The summed E-state index contributed by atoms with van der Waals surface area (Å²) in [5.74, 6) is 0.644. The van der Waals surface area contributed by atoms with Crippen molar-refractivity contribution in [2.24, 2.45) is 10.7 Å². The summed E-state index contributed by atoms with van der Waals surface area (Å²) in [5, 5.41) is 2.06. The highest BCUT2D eigenvalue weighted by Gasteiger charge is 2.11. The summed E-state index contributed by atoms with van der Waals surface area (Å²) < 4.78 is 5.45. The van der Waals surface area contributed by atoms with Crippen molar-refractivity contribution in [1.82, 2.24) is 9.97 Å². The first-order valence-corrected chi connectivity index (χ1v) is 8.01. The number of benzene rings is 1. The summed E-state index contributed by atoms with van der Waals surface area (Å²) >= 11 is 0. The molecule has 2 aromatic heterocycles. The molecule has 0 bridgehead atoms. The number of rotatable bonds is 5. The van der Waals surface area contributed by atoms with Crippen LogP contribution in [0.5, 0.6) is 0 Å². The third kappa shape index (κ3) is 3.56. The molecule has 3 aromatic rings. The fourth-order valence-electron chi connectivity index (χ4n) is 2.63. The molecule has 5 nitrogen and oxygen atoms in total. The highest BCUT2D eigenvalue weighted by Crippen LogP contribution is 2.30. The smallest absolute Gasteiger partial charge is 0.159 e. The van der Waals surface area contributed by atoms with Crippen molar-refractivity contribution in [2.75, 3.05) is 7.11 Å². The van der Waals surface area contributed by atoms with Crippen LogP contribution >= 0.6 is 0 Å². The SMILES string of the molecule is COC(C)c1cnc(N=C/C(=C\N)c2cccnc2)c2ccccc12. The number of aromatic nitrogens is 2. The average Bonchev–Trinajstić information content (AvgIpc) is 2.68. The van der Waals surface area contributed by atoms with E-state index in [-0.39, 0.29) is 6.10 Å². The first-order chi connectivity index (χ1) is 12.2. The largest absolute Gasteiger partial charge is 0.404 e. The molecule has 0 aliphatic heterocycles. The van der Waals surface area contributed by atoms with Gasteiger partial charge >= 0.3 is 0 Å². The average molecular weight is 332 g/mol. The number of nitrogens with zero attached hydrogens (tertiary/aromatic N) is 3. The van der Waals surface area contributed by atoms with E-state index in [4.69, 9.17) is 10.5 Å². The van der Waals surface area contributed by atoms with Crippen LogP contribution < -0.4 is 5.73 Å². The van der Waals surface area contributed by atoms with Gasteiger partial charge in [-0.2, -0.15) is 0 Å². The lowest BCUT2D eigenvalue weighted by molar-refractivity contribution is 0.120. The van der Waals surface area contributed by atoms with E-state index < -0.39 is 0 Å². The lowest BCUT2D eigenvalue weighted by Crippen LogP contribution is -1.98. The Morgan fingerprint density at radius 3 is 2.64 bits per heavy atom. The Morgan fingerprint density at radius 2 is 1.96 bits per heavy atom. The molecule has 0 fully saturated rings. The van der Waals surface area contributed by atoms with Crippen molar-refractivity contribution in [3.63, 3.8) is 0 Å². The number of fused-ring (bicyclic) bond motifs is 1. The number of aliphatic imine (C=N–C) groups is 1. The van der Waals surface area contributed by atoms with Crippen LogP contribution in [-0.2, 0) is 4.74 Å². The van der Waals surface area contributed by atoms with Crippen LogP contribution in [-0.4, -0.2) is 23.3 Å². The van der Waals surface area contributed by atoms with Crippen LogP contribution in [0.25, 0.3) is 16.3 Å². The molecule has 0 saturated carbocycles. The summed E-state index contributed by atoms with van der Waals surface area (Å²) in [5.41, 5.74) is 8.48. The van der Waals surface area contributed by atoms with Crippen molar-refractivity contribution in [1.29, 1.82) is 0 Å². The third-order valence-electron chi connectivity index (χ3n) is 4.10. The second kappa shape index (κ2) is 7.68. The Labute approximate surface area is 146 Å². The van der Waals surface area contributed by atoms with Gasteiger partial charge in [-0.05, 0) is 18.4 Å². The van der Waals surface area contributed by atoms with Crippen molar-refractivity contribution in [3.8, 4) is 0 Å². The molecule has 0 amide bonds. The number of allylic oxidation sites excluding steroid dienone is 1. The number of nitrogens with two attached hydrogens (primary N) is 1. The molecular formula is C20H20N4O. The maximum atomic E-state index is 5.75. The molecule has 2 N–H and O–H groups in total. The number of hydrogen-bond acceptors (Lipinski definition) is 5. The molecule has 3 rings (SSSR count). The summed E-state index contributed by atoms with van der Waals surface area (Å²) in [4.78, 5) is 13.2. The Balaban J connectivity index is 2.02. The maximum Gasteiger partial charge on any atom is 0.159 e. The molecular weight excluding hydrogens is 312 g/mol. The topological polar surface area (TPSA) is 73.4 Å².